The fourth-order valence-electron chi connectivity index (χ4n) is 1.76. The van der Waals surface area contributed by atoms with Gasteiger partial charge in [-0.15, -0.1) is 0 Å². The van der Waals surface area contributed by atoms with E-state index in [9.17, 15) is 0 Å². The van der Waals surface area contributed by atoms with E-state index in [4.69, 9.17) is 0 Å². The molecule has 0 saturated heterocycles. The van der Waals surface area contributed by atoms with Crippen LogP contribution >= 0.6 is 0 Å². The summed E-state index contributed by atoms with van der Waals surface area (Å²) >= 11 is 0. The van der Waals surface area contributed by atoms with E-state index in [1.165, 1.54) is 5.56 Å². The Kier molecular flexibility index (Phi) is 3.76. The van der Waals surface area contributed by atoms with Crippen LogP contribution in [0, 0.1) is 6.92 Å². The van der Waals surface area contributed by atoms with Crippen LogP contribution in [0.15, 0.2) is 17.0 Å². The normalized spacial score (nSPS) is 11.7. The second-order valence-electron chi connectivity index (χ2n) is 4.89. The molecule has 18 heavy (non-hydrogen) atoms. The molecule has 0 aliphatic carbocycles. The number of hydrogen-bond acceptors (Lipinski definition) is 5. The van der Waals surface area contributed by atoms with Crippen LogP contribution in [0.2, 0.25) is 0 Å². The zero-order valence-corrected chi connectivity index (χ0v) is 11.3. The maximum atomic E-state index is 4.69. The maximum Gasteiger partial charge on any atom is 0.122 e. The average molecular weight is 249 g/mol. The molecule has 6 nitrogen and oxygen atoms in total. The Labute approximate surface area is 107 Å². The Morgan fingerprint density at radius 3 is 2.67 bits per heavy atom. The highest BCUT2D eigenvalue weighted by Crippen LogP contribution is 2.10. The van der Waals surface area contributed by atoms with Crippen molar-refractivity contribution in [3.63, 3.8) is 0 Å². The Morgan fingerprint density at radius 1 is 1.33 bits per heavy atom. The van der Waals surface area contributed by atoms with Gasteiger partial charge in [0.25, 0.3) is 0 Å². The van der Waals surface area contributed by atoms with Gasteiger partial charge in [0.05, 0.1) is 6.20 Å². The second-order valence-corrected chi connectivity index (χ2v) is 4.89. The molecule has 2 heterocycles. The molecular weight excluding hydrogens is 230 g/mol. The van der Waals surface area contributed by atoms with Crippen LogP contribution in [-0.2, 0) is 13.1 Å². The number of rotatable bonds is 5. The van der Waals surface area contributed by atoms with Gasteiger partial charge in [0.15, 0.2) is 0 Å². The quantitative estimate of drug-likeness (QED) is 0.808. The van der Waals surface area contributed by atoms with Gasteiger partial charge in [-0.25, -0.2) is 4.63 Å². The van der Waals surface area contributed by atoms with E-state index in [2.05, 4.69) is 45.0 Å². The summed E-state index contributed by atoms with van der Waals surface area (Å²) in [7, 11) is 2.04. The van der Waals surface area contributed by atoms with Crippen molar-refractivity contribution in [3.8, 4) is 0 Å². The molecule has 0 atom stereocenters. The lowest BCUT2D eigenvalue weighted by atomic mass is 10.3. The molecule has 2 aromatic heterocycles. The van der Waals surface area contributed by atoms with E-state index < -0.39 is 0 Å². The van der Waals surface area contributed by atoms with Gasteiger partial charge >= 0.3 is 0 Å². The summed E-state index contributed by atoms with van der Waals surface area (Å²) in [6, 6.07) is 0.394. The van der Waals surface area contributed by atoms with E-state index in [0.717, 1.165) is 24.5 Å². The van der Waals surface area contributed by atoms with Crippen LogP contribution in [0.1, 0.15) is 36.8 Å². The first-order valence-electron chi connectivity index (χ1n) is 6.06. The van der Waals surface area contributed by atoms with Gasteiger partial charge in [0.1, 0.15) is 11.4 Å². The minimum absolute atomic E-state index is 0.394. The summed E-state index contributed by atoms with van der Waals surface area (Å²) in [5.74, 6) is 0. The Hall–Kier alpha value is -1.69. The molecule has 2 rings (SSSR count). The molecule has 0 aliphatic rings. The van der Waals surface area contributed by atoms with E-state index in [0.29, 0.717) is 6.04 Å². The molecule has 0 fully saturated rings. The molecule has 0 aliphatic heterocycles. The molecule has 0 saturated carbocycles. The lowest BCUT2D eigenvalue weighted by Gasteiger charge is -2.13. The SMILES string of the molecule is Cc1nonc1CN(C)Cc1cnn(C(C)C)c1. The zero-order valence-electron chi connectivity index (χ0n) is 11.3. The molecule has 0 spiro atoms. The summed E-state index contributed by atoms with van der Waals surface area (Å²) in [6.45, 7) is 7.69. The fourth-order valence-corrected chi connectivity index (χ4v) is 1.76. The number of aryl methyl sites for hydroxylation is 1. The average Bonchev–Trinajstić information content (AvgIpc) is 2.89. The van der Waals surface area contributed by atoms with Crippen molar-refractivity contribution in [2.24, 2.45) is 0 Å². The third-order valence-electron chi connectivity index (χ3n) is 2.80. The first kappa shape index (κ1) is 12.8. The lowest BCUT2D eigenvalue weighted by Crippen LogP contribution is -2.17. The van der Waals surface area contributed by atoms with Crippen molar-refractivity contribution >= 4 is 0 Å². The predicted octanol–water partition coefficient (Wildman–Crippen LogP) is 1.79. The fraction of sp³-hybridized carbons (Fsp3) is 0.583. The van der Waals surface area contributed by atoms with Gasteiger partial charge < -0.3 is 0 Å². The molecule has 98 valence electrons. The van der Waals surface area contributed by atoms with Crippen LogP contribution < -0.4 is 0 Å². The van der Waals surface area contributed by atoms with Gasteiger partial charge in [-0.2, -0.15) is 5.10 Å². The molecular formula is C12H19N5O. The van der Waals surface area contributed by atoms with Crippen molar-refractivity contribution in [2.45, 2.75) is 39.9 Å². The van der Waals surface area contributed by atoms with Crippen molar-refractivity contribution < 1.29 is 4.63 Å². The molecule has 6 heteroatoms. The lowest BCUT2D eigenvalue weighted by molar-refractivity contribution is 0.279. The summed E-state index contributed by atoms with van der Waals surface area (Å²) in [6.07, 6.45) is 3.99. The van der Waals surface area contributed by atoms with Gasteiger partial charge in [0.2, 0.25) is 0 Å². The number of aromatic nitrogens is 4. The van der Waals surface area contributed by atoms with Crippen LogP contribution in [-0.4, -0.2) is 32.0 Å². The van der Waals surface area contributed by atoms with Crippen molar-refractivity contribution in [3.05, 3.63) is 29.3 Å². The minimum atomic E-state index is 0.394. The summed E-state index contributed by atoms with van der Waals surface area (Å²) in [4.78, 5) is 2.16. The van der Waals surface area contributed by atoms with Gasteiger partial charge in [-0.1, -0.05) is 10.3 Å². The van der Waals surface area contributed by atoms with Crippen LogP contribution in [0.25, 0.3) is 0 Å². The highest BCUT2D eigenvalue weighted by molar-refractivity contribution is 5.07. The van der Waals surface area contributed by atoms with Crippen molar-refractivity contribution in [2.75, 3.05) is 7.05 Å². The topological polar surface area (TPSA) is 60.0 Å². The first-order chi connectivity index (χ1) is 8.56. The Bertz CT molecular complexity index is 502. The Morgan fingerprint density at radius 2 is 2.11 bits per heavy atom. The second kappa shape index (κ2) is 5.30. The largest absolute Gasteiger partial charge is 0.296 e. The summed E-state index contributed by atoms with van der Waals surface area (Å²) in [5, 5.41) is 12.0. The number of hydrogen-bond donors (Lipinski definition) is 0. The first-order valence-corrected chi connectivity index (χ1v) is 6.06. The monoisotopic (exact) mass is 249 g/mol. The van der Waals surface area contributed by atoms with Crippen LogP contribution in [0.3, 0.4) is 0 Å². The van der Waals surface area contributed by atoms with Gasteiger partial charge in [-0.3, -0.25) is 9.58 Å². The van der Waals surface area contributed by atoms with E-state index >= 15 is 0 Å². The van der Waals surface area contributed by atoms with Gasteiger partial charge in [0, 0.05) is 30.9 Å². The standard InChI is InChI=1S/C12H19N5O/c1-9(2)17-7-11(5-13-17)6-16(4)8-12-10(3)14-18-15-12/h5,7,9H,6,8H2,1-4H3. The molecule has 0 N–H and O–H groups in total. The molecule has 0 amide bonds. The van der Waals surface area contributed by atoms with Crippen LogP contribution in [0.5, 0.6) is 0 Å². The smallest absolute Gasteiger partial charge is 0.122 e. The number of nitrogens with zero attached hydrogens (tertiary/aromatic N) is 5. The zero-order chi connectivity index (χ0) is 13.1. The third kappa shape index (κ3) is 2.95. The van der Waals surface area contributed by atoms with Crippen molar-refractivity contribution in [1.82, 2.24) is 25.0 Å². The summed E-state index contributed by atoms with van der Waals surface area (Å²) < 4.78 is 6.65. The minimum Gasteiger partial charge on any atom is -0.296 e. The van der Waals surface area contributed by atoms with E-state index in [1.54, 1.807) is 0 Å². The molecule has 2 aromatic rings. The van der Waals surface area contributed by atoms with E-state index in [-0.39, 0.29) is 0 Å². The van der Waals surface area contributed by atoms with Crippen molar-refractivity contribution in [1.29, 1.82) is 0 Å². The molecule has 0 aromatic carbocycles. The van der Waals surface area contributed by atoms with Gasteiger partial charge in [-0.05, 0) is 27.8 Å². The molecule has 0 bridgehead atoms. The van der Waals surface area contributed by atoms with Crippen LogP contribution in [0.4, 0.5) is 0 Å². The highest BCUT2D eigenvalue weighted by Gasteiger charge is 2.10. The maximum absolute atomic E-state index is 4.69. The molecule has 0 unspecified atom stereocenters. The third-order valence-corrected chi connectivity index (χ3v) is 2.80. The van der Waals surface area contributed by atoms with E-state index in [1.807, 2.05) is 24.9 Å². The Balaban J connectivity index is 1.94. The highest BCUT2D eigenvalue weighted by atomic mass is 16.6. The molecule has 0 radical (unpaired) electrons. The summed E-state index contributed by atoms with van der Waals surface area (Å²) in [5.41, 5.74) is 2.92. The predicted molar refractivity (Wildman–Crippen MR) is 66.8 cm³/mol.